The molecule has 1 saturated heterocycles. The molecule has 5 heteroatoms. The molecule has 1 unspecified atom stereocenters. The van der Waals surface area contributed by atoms with Gasteiger partial charge in [-0.15, -0.1) is 11.3 Å². The maximum Gasteiger partial charge on any atom is 0.231 e. The number of amides is 1. The number of piperidine rings is 1. The van der Waals surface area contributed by atoms with Crippen molar-refractivity contribution in [1.82, 2.24) is 5.32 Å². The summed E-state index contributed by atoms with van der Waals surface area (Å²) in [5.74, 6) is 0.297. The number of carbonyl (C=O) groups is 1. The minimum Gasteiger partial charge on any atom is -0.316 e. The van der Waals surface area contributed by atoms with Crippen LogP contribution in [0.1, 0.15) is 12.8 Å². The Morgan fingerprint density at radius 1 is 1.62 bits per heavy atom. The van der Waals surface area contributed by atoms with E-state index in [1.54, 1.807) is 4.90 Å². The zero-order chi connectivity index (χ0) is 11.5. The summed E-state index contributed by atoms with van der Waals surface area (Å²) in [6.45, 7) is 1.82. The van der Waals surface area contributed by atoms with Gasteiger partial charge in [0.05, 0.1) is 15.3 Å². The summed E-state index contributed by atoms with van der Waals surface area (Å²) < 4.78 is 0.719. The predicted molar refractivity (Wildman–Crippen MR) is 68.3 cm³/mol. The van der Waals surface area contributed by atoms with E-state index >= 15 is 0 Å². The number of nitrogens with zero attached hydrogens (tertiary/aromatic N) is 1. The molecular formula is C11H15ClN2OS. The fourth-order valence-corrected chi connectivity index (χ4v) is 2.93. The molecule has 1 atom stereocenters. The van der Waals surface area contributed by atoms with Gasteiger partial charge in [-0.05, 0) is 31.5 Å². The second-order valence-electron chi connectivity index (χ2n) is 4.02. The standard InChI is InChI=1S/C11H15ClN2OS/c1-14(10-5-4-9(12)16-10)11(15)8-3-2-6-13-7-8/h4-5,8,13H,2-3,6-7H2,1H3. The van der Waals surface area contributed by atoms with E-state index in [1.807, 2.05) is 19.2 Å². The fourth-order valence-electron chi connectivity index (χ4n) is 1.93. The van der Waals surface area contributed by atoms with E-state index in [-0.39, 0.29) is 11.8 Å². The monoisotopic (exact) mass is 258 g/mol. The summed E-state index contributed by atoms with van der Waals surface area (Å²) in [4.78, 5) is 13.9. The molecule has 0 spiro atoms. The van der Waals surface area contributed by atoms with Crippen LogP contribution in [-0.4, -0.2) is 26.0 Å². The summed E-state index contributed by atoms with van der Waals surface area (Å²) in [6, 6.07) is 3.71. The highest BCUT2D eigenvalue weighted by Crippen LogP contribution is 2.30. The molecule has 1 amide bonds. The molecule has 88 valence electrons. The highest BCUT2D eigenvalue weighted by molar-refractivity contribution is 7.20. The van der Waals surface area contributed by atoms with E-state index in [2.05, 4.69) is 5.32 Å². The second-order valence-corrected chi connectivity index (χ2v) is 5.71. The first kappa shape index (κ1) is 11.9. The molecule has 1 aromatic heterocycles. The van der Waals surface area contributed by atoms with Crippen molar-refractivity contribution in [2.75, 3.05) is 25.0 Å². The van der Waals surface area contributed by atoms with Crippen LogP contribution in [0.3, 0.4) is 0 Å². The maximum atomic E-state index is 12.2. The van der Waals surface area contributed by atoms with Crippen molar-refractivity contribution >= 4 is 33.8 Å². The first-order valence-electron chi connectivity index (χ1n) is 5.42. The number of hydrogen-bond acceptors (Lipinski definition) is 3. The van der Waals surface area contributed by atoms with Crippen LogP contribution >= 0.6 is 22.9 Å². The largest absolute Gasteiger partial charge is 0.316 e. The SMILES string of the molecule is CN(C(=O)C1CCCNC1)c1ccc(Cl)s1. The van der Waals surface area contributed by atoms with Gasteiger partial charge in [0.1, 0.15) is 0 Å². The van der Waals surface area contributed by atoms with Crippen molar-refractivity contribution in [2.45, 2.75) is 12.8 Å². The third kappa shape index (κ3) is 2.56. The zero-order valence-electron chi connectivity index (χ0n) is 9.20. The van der Waals surface area contributed by atoms with E-state index in [0.29, 0.717) is 0 Å². The molecule has 2 heterocycles. The Kier molecular flexibility index (Phi) is 3.84. The first-order valence-corrected chi connectivity index (χ1v) is 6.61. The zero-order valence-corrected chi connectivity index (χ0v) is 10.8. The molecule has 0 aromatic carbocycles. The number of rotatable bonds is 2. The van der Waals surface area contributed by atoms with Crippen LogP contribution in [0.5, 0.6) is 0 Å². The van der Waals surface area contributed by atoms with Crippen LogP contribution in [0.2, 0.25) is 4.34 Å². The minimum atomic E-state index is 0.111. The lowest BCUT2D eigenvalue weighted by atomic mass is 9.98. The van der Waals surface area contributed by atoms with Gasteiger partial charge in [0, 0.05) is 13.6 Å². The van der Waals surface area contributed by atoms with Gasteiger partial charge in [0.2, 0.25) is 5.91 Å². The molecule has 16 heavy (non-hydrogen) atoms. The third-order valence-electron chi connectivity index (χ3n) is 2.87. The molecule has 0 aliphatic carbocycles. The van der Waals surface area contributed by atoms with Gasteiger partial charge in [-0.2, -0.15) is 0 Å². The molecule has 2 rings (SSSR count). The summed E-state index contributed by atoms with van der Waals surface area (Å²) in [6.07, 6.45) is 2.06. The normalized spacial score (nSPS) is 20.8. The molecule has 1 aliphatic heterocycles. The molecule has 0 bridgehead atoms. The lowest BCUT2D eigenvalue weighted by Gasteiger charge is -2.26. The van der Waals surface area contributed by atoms with Gasteiger partial charge in [-0.3, -0.25) is 4.79 Å². The van der Waals surface area contributed by atoms with Crippen molar-refractivity contribution in [3.63, 3.8) is 0 Å². The molecule has 1 N–H and O–H groups in total. The van der Waals surface area contributed by atoms with E-state index in [9.17, 15) is 4.79 Å². The molecular weight excluding hydrogens is 244 g/mol. The van der Waals surface area contributed by atoms with Crippen LogP contribution in [0.25, 0.3) is 0 Å². The lowest BCUT2D eigenvalue weighted by Crippen LogP contribution is -2.41. The summed E-state index contributed by atoms with van der Waals surface area (Å²) in [5.41, 5.74) is 0. The predicted octanol–water partition coefficient (Wildman–Crippen LogP) is 2.36. The first-order chi connectivity index (χ1) is 7.68. The Bertz CT molecular complexity index is 374. The van der Waals surface area contributed by atoms with Crippen LogP contribution in [0.4, 0.5) is 5.00 Å². The van der Waals surface area contributed by atoms with E-state index in [0.717, 1.165) is 35.3 Å². The van der Waals surface area contributed by atoms with E-state index < -0.39 is 0 Å². The summed E-state index contributed by atoms with van der Waals surface area (Å²) >= 11 is 7.30. The molecule has 1 aromatic rings. The Balaban J connectivity index is 2.03. The number of halogens is 1. The van der Waals surface area contributed by atoms with Crippen molar-refractivity contribution in [3.05, 3.63) is 16.5 Å². The quantitative estimate of drug-likeness (QED) is 0.883. The number of nitrogens with one attached hydrogen (secondary N) is 1. The summed E-state index contributed by atoms with van der Waals surface area (Å²) in [7, 11) is 1.82. The molecule has 1 aliphatic rings. The highest BCUT2D eigenvalue weighted by Gasteiger charge is 2.25. The van der Waals surface area contributed by atoms with Crippen LogP contribution in [0, 0.1) is 5.92 Å². The average Bonchev–Trinajstić information content (AvgIpc) is 2.75. The van der Waals surface area contributed by atoms with Gasteiger partial charge in [0.25, 0.3) is 0 Å². The Labute approximate surface area is 104 Å². The maximum absolute atomic E-state index is 12.2. The number of anilines is 1. The van der Waals surface area contributed by atoms with Crippen LogP contribution in [0.15, 0.2) is 12.1 Å². The number of hydrogen-bond donors (Lipinski definition) is 1. The van der Waals surface area contributed by atoms with Gasteiger partial charge in [0.15, 0.2) is 0 Å². The topological polar surface area (TPSA) is 32.3 Å². The second kappa shape index (κ2) is 5.17. The van der Waals surface area contributed by atoms with Gasteiger partial charge >= 0.3 is 0 Å². The van der Waals surface area contributed by atoms with Gasteiger partial charge in [-0.1, -0.05) is 11.6 Å². The van der Waals surface area contributed by atoms with E-state index in [4.69, 9.17) is 11.6 Å². The van der Waals surface area contributed by atoms with Gasteiger partial charge in [-0.25, -0.2) is 0 Å². The van der Waals surface area contributed by atoms with Gasteiger partial charge < -0.3 is 10.2 Å². The molecule has 3 nitrogen and oxygen atoms in total. The Hall–Kier alpha value is -0.580. The molecule has 0 radical (unpaired) electrons. The molecule has 1 fully saturated rings. The Morgan fingerprint density at radius 3 is 3.00 bits per heavy atom. The van der Waals surface area contributed by atoms with Crippen molar-refractivity contribution < 1.29 is 4.79 Å². The average molecular weight is 259 g/mol. The van der Waals surface area contributed by atoms with E-state index in [1.165, 1.54) is 11.3 Å². The smallest absolute Gasteiger partial charge is 0.231 e. The number of thiophene rings is 1. The highest BCUT2D eigenvalue weighted by atomic mass is 35.5. The minimum absolute atomic E-state index is 0.111. The van der Waals surface area contributed by atoms with Crippen molar-refractivity contribution in [1.29, 1.82) is 0 Å². The lowest BCUT2D eigenvalue weighted by molar-refractivity contribution is -0.122. The van der Waals surface area contributed by atoms with Crippen molar-refractivity contribution in [3.8, 4) is 0 Å². The molecule has 0 saturated carbocycles. The fraction of sp³-hybridized carbons (Fsp3) is 0.545. The third-order valence-corrected chi connectivity index (χ3v) is 4.17. The van der Waals surface area contributed by atoms with Crippen LogP contribution in [-0.2, 0) is 4.79 Å². The van der Waals surface area contributed by atoms with Crippen molar-refractivity contribution in [2.24, 2.45) is 5.92 Å². The summed E-state index contributed by atoms with van der Waals surface area (Å²) in [5, 5.41) is 4.17. The Morgan fingerprint density at radius 2 is 2.44 bits per heavy atom. The van der Waals surface area contributed by atoms with Crippen LogP contribution < -0.4 is 10.2 Å². The number of carbonyl (C=O) groups excluding carboxylic acids is 1.